The number of allylic oxidation sites excluding steroid dienone is 4. The molecule has 0 aromatic rings. The summed E-state index contributed by atoms with van der Waals surface area (Å²) in [5.74, 6) is 0. The molecule has 0 amide bonds. The quantitative estimate of drug-likeness (QED) is 0.298. The van der Waals surface area contributed by atoms with Crippen molar-refractivity contribution in [3.8, 4) is 0 Å². The van der Waals surface area contributed by atoms with Crippen LogP contribution in [0.2, 0.25) is 0 Å². The highest BCUT2D eigenvalue weighted by atomic mass is 15.1. The Bertz CT molecular complexity index is 249. The second-order valence-corrected chi connectivity index (χ2v) is 5.14. The standard InChI is InChI=1S/C19H33N/c1-4-7-9-11-13-15-18-20(17-6-3)19-16-14-12-10-8-5-2/h4-5,13-16H,1-2,6-12,17-19H2,3H3. The van der Waals surface area contributed by atoms with Crippen LogP contribution in [0.1, 0.15) is 51.9 Å². The minimum Gasteiger partial charge on any atom is -0.296 e. The minimum absolute atomic E-state index is 1.07. The largest absolute Gasteiger partial charge is 0.296 e. The van der Waals surface area contributed by atoms with Gasteiger partial charge in [-0.3, -0.25) is 4.90 Å². The number of unbranched alkanes of at least 4 members (excludes halogenated alkanes) is 4. The molecule has 20 heavy (non-hydrogen) atoms. The van der Waals surface area contributed by atoms with E-state index < -0.39 is 0 Å². The van der Waals surface area contributed by atoms with Gasteiger partial charge >= 0.3 is 0 Å². The van der Waals surface area contributed by atoms with Crippen LogP contribution in [0, 0.1) is 0 Å². The molecule has 0 saturated carbocycles. The molecule has 0 fully saturated rings. The van der Waals surface area contributed by atoms with Gasteiger partial charge in [0.05, 0.1) is 0 Å². The molecule has 0 aromatic heterocycles. The fraction of sp³-hybridized carbons (Fsp3) is 0.579. The fourth-order valence-corrected chi connectivity index (χ4v) is 2.02. The predicted molar refractivity (Wildman–Crippen MR) is 93.1 cm³/mol. The van der Waals surface area contributed by atoms with Crippen LogP contribution in [0.5, 0.6) is 0 Å². The van der Waals surface area contributed by atoms with E-state index in [-0.39, 0.29) is 0 Å². The lowest BCUT2D eigenvalue weighted by Crippen LogP contribution is -2.24. The third-order valence-corrected chi connectivity index (χ3v) is 3.16. The molecule has 114 valence electrons. The van der Waals surface area contributed by atoms with Gasteiger partial charge in [0.25, 0.3) is 0 Å². The summed E-state index contributed by atoms with van der Waals surface area (Å²) >= 11 is 0. The molecule has 0 unspecified atom stereocenters. The van der Waals surface area contributed by atoms with Crippen molar-refractivity contribution in [2.45, 2.75) is 51.9 Å². The first kappa shape index (κ1) is 18.9. The normalized spacial score (nSPS) is 11.7. The topological polar surface area (TPSA) is 3.24 Å². The summed E-state index contributed by atoms with van der Waals surface area (Å²) in [6, 6.07) is 0. The van der Waals surface area contributed by atoms with Crippen LogP contribution in [0.25, 0.3) is 0 Å². The van der Waals surface area contributed by atoms with Gasteiger partial charge in [0.2, 0.25) is 0 Å². The van der Waals surface area contributed by atoms with Crippen LogP contribution < -0.4 is 0 Å². The highest BCUT2D eigenvalue weighted by Gasteiger charge is 1.97. The molecule has 0 N–H and O–H groups in total. The van der Waals surface area contributed by atoms with E-state index in [1.54, 1.807) is 0 Å². The SMILES string of the molecule is C=CCCCC=CCN(CC=CCCCC=C)CCC. The molecule has 0 radical (unpaired) electrons. The Kier molecular flexibility index (Phi) is 15.1. The maximum absolute atomic E-state index is 3.75. The van der Waals surface area contributed by atoms with E-state index in [9.17, 15) is 0 Å². The van der Waals surface area contributed by atoms with Crippen LogP contribution in [0.3, 0.4) is 0 Å². The number of hydrogen-bond donors (Lipinski definition) is 0. The van der Waals surface area contributed by atoms with Crippen molar-refractivity contribution in [3.63, 3.8) is 0 Å². The molecular weight excluding hydrogens is 242 g/mol. The van der Waals surface area contributed by atoms with Crippen LogP contribution in [0.4, 0.5) is 0 Å². The molecule has 1 heteroatoms. The Morgan fingerprint density at radius 2 is 1.25 bits per heavy atom. The average Bonchev–Trinajstić information content (AvgIpc) is 2.46. The molecule has 0 saturated heterocycles. The molecule has 0 heterocycles. The summed E-state index contributed by atoms with van der Waals surface area (Å²) in [6.07, 6.45) is 21.5. The molecule has 0 atom stereocenters. The lowest BCUT2D eigenvalue weighted by molar-refractivity contribution is 0.335. The van der Waals surface area contributed by atoms with Gasteiger partial charge < -0.3 is 0 Å². The molecular formula is C19H33N. The first-order chi connectivity index (χ1) is 9.85. The Morgan fingerprint density at radius 1 is 0.750 bits per heavy atom. The van der Waals surface area contributed by atoms with Crippen LogP contribution in [-0.2, 0) is 0 Å². The molecule has 0 aromatic carbocycles. The minimum atomic E-state index is 1.07. The lowest BCUT2D eigenvalue weighted by atomic mass is 10.2. The van der Waals surface area contributed by atoms with Crippen molar-refractivity contribution in [2.75, 3.05) is 19.6 Å². The zero-order valence-corrected chi connectivity index (χ0v) is 13.4. The zero-order valence-electron chi connectivity index (χ0n) is 13.4. The maximum atomic E-state index is 3.75. The van der Waals surface area contributed by atoms with Gasteiger partial charge in [0.1, 0.15) is 0 Å². The Hall–Kier alpha value is -1.08. The van der Waals surface area contributed by atoms with E-state index in [1.807, 2.05) is 12.2 Å². The third-order valence-electron chi connectivity index (χ3n) is 3.16. The number of nitrogens with zero attached hydrogens (tertiary/aromatic N) is 1. The van der Waals surface area contributed by atoms with E-state index in [2.05, 4.69) is 49.3 Å². The molecule has 0 aliphatic heterocycles. The number of hydrogen-bond acceptors (Lipinski definition) is 1. The van der Waals surface area contributed by atoms with Gasteiger partial charge in [-0.05, 0) is 51.5 Å². The molecule has 0 spiro atoms. The molecule has 0 aliphatic rings. The molecule has 0 rings (SSSR count). The highest BCUT2D eigenvalue weighted by Crippen LogP contribution is 2.00. The number of rotatable bonds is 14. The van der Waals surface area contributed by atoms with Gasteiger partial charge in [-0.1, -0.05) is 43.4 Å². The summed E-state index contributed by atoms with van der Waals surface area (Å²) in [4.78, 5) is 2.49. The summed E-state index contributed by atoms with van der Waals surface area (Å²) in [7, 11) is 0. The summed E-state index contributed by atoms with van der Waals surface area (Å²) < 4.78 is 0. The smallest absolute Gasteiger partial charge is 0.0166 e. The fourth-order valence-electron chi connectivity index (χ4n) is 2.02. The first-order valence-electron chi connectivity index (χ1n) is 8.09. The monoisotopic (exact) mass is 275 g/mol. The summed E-state index contributed by atoms with van der Waals surface area (Å²) in [5.41, 5.74) is 0. The summed E-state index contributed by atoms with van der Waals surface area (Å²) in [6.45, 7) is 13.0. The Labute approximate surface area is 126 Å². The van der Waals surface area contributed by atoms with Crippen LogP contribution in [-0.4, -0.2) is 24.5 Å². The van der Waals surface area contributed by atoms with E-state index in [4.69, 9.17) is 0 Å². The van der Waals surface area contributed by atoms with Gasteiger partial charge in [-0.25, -0.2) is 0 Å². The van der Waals surface area contributed by atoms with E-state index in [0.29, 0.717) is 0 Å². The third kappa shape index (κ3) is 13.4. The molecule has 0 aliphatic carbocycles. The van der Waals surface area contributed by atoms with Crippen molar-refractivity contribution in [1.29, 1.82) is 0 Å². The van der Waals surface area contributed by atoms with Crippen molar-refractivity contribution < 1.29 is 0 Å². The van der Waals surface area contributed by atoms with Crippen molar-refractivity contribution in [3.05, 3.63) is 49.6 Å². The van der Waals surface area contributed by atoms with Gasteiger partial charge in [0, 0.05) is 13.1 Å². The Morgan fingerprint density at radius 3 is 1.65 bits per heavy atom. The van der Waals surface area contributed by atoms with E-state index >= 15 is 0 Å². The van der Waals surface area contributed by atoms with Crippen LogP contribution >= 0.6 is 0 Å². The average molecular weight is 275 g/mol. The Balaban J connectivity index is 3.79. The summed E-state index contributed by atoms with van der Waals surface area (Å²) in [5, 5.41) is 0. The van der Waals surface area contributed by atoms with Crippen molar-refractivity contribution in [1.82, 2.24) is 4.90 Å². The van der Waals surface area contributed by atoms with Crippen molar-refractivity contribution >= 4 is 0 Å². The first-order valence-corrected chi connectivity index (χ1v) is 8.09. The van der Waals surface area contributed by atoms with Gasteiger partial charge in [0.15, 0.2) is 0 Å². The van der Waals surface area contributed by atoms with Crippen molar-refractivity contribution in [2.24, 2.45) is 0 Å². The van der Waals surface area contributed by atoms with Crippen LogP contribution in [0.15, 0.2) is 49.6 Å². The van der Waals surface area contributed by atoms with E-state index in [0.717, 1.165) is 25.9 Å². The van der Waals surface area contributed by atoms with E-state index in [1.165, 1.54) is 38.6 Å². The molecule has 0 bridgehead atoms. The zero-order chi connectivity index (χ0) is 14.9. The second-order valence-electron chi connectivity index (χ2n) is 5.14. The van der Waals surface area contributed by atoms with Gasteiger partial charge in [-0.2, -0.15) is 0 Å². The molecule has 1 nitrogen and oxygen atoms in total. The lowest BCUT2D eigenvalue weighted by Gasteiger charge is -2.17. The maximum Gasteiger partial charge on any atom is 0.0166 e. The highest BCUT2D eigenvalue weighted by molar-refractivity contribution is 4.90. The second kappa shape index (κ2) is 16.0. The predicted octanol–water partition coefficient (Wildman–Crippen LogP) is 5.52. The van der Waals surface area contributed by atoms with Gasteiger partial charge in [-0.15, -0.1) is 13.2 Å².